The number of amides is 4. The Morgan fingerprint density at radius 3 is 2.76 bits per heavy atom. The Bertz CT molecular complexity index is 583. The van der Waals surface area contributed by atoms with Crippen molar-refractivity contribution in [2.75, 3.05) is 24.2 Å². The molecule has 0 bridgehead atoms. The zero-order chi connectivity index (χ0) is 15.4. The molecular formula is C11H12N4O5S. The molecule has 0 spiro atoms. The van der Waals surface area contributed by atoms with Crippen LogP contribution < -0.4 is 10.6 Å². The lowest BCUT2D eigenvalue weighted by molar-refractivity contribution is -0.136. The summed E-state index contributed by atoms with van der Waals surface area (Å²) in [7, 11) is 0. The van der Waals surface area contributed by atoms with E-state index in [4.69, 9.17) is 4.52 Å². The minimum atomic E-state index is -0.906. The van der Waals surface area contributed by atoms with Gasteiger partial charge >= 0.3 is 11.8 Å². The molecule has 2 N–H and O–H groups in total. The lowest BCUT2D eigenvalue weighted by atomic mass is 10.4. The second kappa shape index (κ2) is 6.39. The summed E-state index contributed by atoms with van der Waals surface area (Å²) in [6.07, 6.45) is 0. The number of thioether (sulfide) groups is 1. The Morgan fingerprint density at radius 2 is 2.19 bits per heavy atom. The lowest BCUT2D eigenvalue weighted by Crippen LogP contribution is -2.41. The normalized spacial score (nSPS) is 14.4. The number of aromatic nitrogens is 1. The molecule has 0 unspecified atom stereocenters. The predicted octanol–water partition coefficient (Wildman–Crippen LogP) is -0.267. The molecule has 1 aliphatic heterocycles. The Morgan fingerprint density at radius 1 is 1.43 bits per heavy atom. The molecule has 1 saturated heterocycles. The zero-order valence-electron chi connectivity index (χ0n) is 11.0. The highest BCUT2D eigenvalue weighted by Gasteiger charge is 2.29. The number of anilines is 1. The van der Waals surface area contributed by atoms with Crippen LogP contribution in [-0.4, -0.2) is 51.9 Å². The minimum absolute atomic E-state index is 0.00212. The van der Waals surface area contributed by atoms with Gasteiger partial charge in [0.05, 0.1) is 5.75 Å². The number of aryl methyl sites for hydroxylation is 1. The second-order valence-electron chi connectivity index (χ2n) is 4.13. The molecule has 0 aliphatic carbocycles. The third-order valence-electron chi connectivity index (χ3n) is 2.54. The van der Waals surface area contributed by atoms with Crippen LogP contribution in [0, 0.1) is 6.92 Å². The molecule has 10 heteroatoms. The molecule has 0 radical (unpaired) electrons. The maximum absolute atomic E-state index is 11.5. The molecule has 2 heterocycles. The number of hydrogen-bond acceptors (Lipinski definition) is 7. The van der Waals surface area contributed by atoms with Gasteiger partial charge < -0.3 is 9.84 Å². The summed E-state index contributed by atoms with van der Waals surface area (Å²) in [5.74, 6) is -1.36. The first-order chi connectivity index (χ1) is 9.97. The van der Waals surface area contributed by atoms with E-state index in [1.807, 2.05) is 0 Å². The predicted molar refractivity (Wildman–Crippen MR) is 72.4 cm³/mol. The van der Waals surface area contributed by atoms with Gasteiger partial charge in [0.15, 0.2) is 5.82 Å². The van der Waals surface area contributed by atoms with Crippen LogP contribution >= 0.6 is 11.8 Å². The highest BCUT2D eigenvalue weighted by Crippen LogP contribution is 2.17. The molecule has 4 amide bonds. The van der Waals surface area contributed by atoms with E-state index in [0.717, 1.165) is 16.7 Å². The number of rotatable bonds is 4. The number of nitrogens with one attached hydrogen (secondary N) is 2. The fraction of sp³-hybridized carbons (Fsp3) is 0.364. The standard InChI is InChI=1S/C11H12N4O5S/c1-6-4-7(14-20-6)13-10(18)9(17)12-2-3-15-8(16)5-21-11(15)19/h4H,2-3,5H2,1H3,(H,12,17)(H,13,14,18). The Balaban J connectivity index is 1.75. The van der Waals surface area contributed by atoms with Crippen molar-refractivity contribution in [3.63, 3.8) is 0 Å². The first-order valence-electron chi connectivity index (χ1n) is 5.97. The van der Waals surface area contributed by atoms with Crippen molar-refractivity contribution >= 4 is 40.5 Å². The average Bonchev–Trinajstić information content (AvgIpc) is 2.98. The second-order valence-corrected chi connectivity index (χ2v) is 5.06. The van der Waals surface area contributed by atoms with E-state index in [1.54, 1.807) is 6.92 Å². The highest BCUT2D eigenvalue weighted by atomic mass is 32.2. The van der Waals surface area contributed by atoms with Gasteiger partial charge in [0.25, 0.3) is 5.24 Å². The van der Waals surface area contributed by atoms with Crippen LogP contribution in [0.5, 0.6) is 0 Å². The molecule has 1 aromatic rings. The van der Waals surface area contributed by atoms with E-state index in [2.05, 4.69) is 15.8 Å². The van der Waals surface area contributed by atoms with Crippen molar-refractivity contribution in [1.29, 1.82) is 0 Å². The van der Waals surface area contributed by atoms with Crippen LogP contribution in [0.4, 0.5) is 10.6 Å². The summed E-state index contributed by atoms with van der Waals surface area (Å²) < 4.78 is 4.74. The smallest absolute Gasteiger partial charge is 0.314 e. The van der Waals surface area contributed by atoms with Crippen molar-refractivity contribution in [2.24, 2.45) is 0 Å². The van der Waals surface area contributed by atoms with E-state index in [0.29, 0.717) is 5.76 Å². The molecule has 9 nitrogen and oxygen atoms in total. The van der Waals surface area contributed by atoms with E-state index in [1.165, 1.54) is 6.07 Å². The number of carbonyl (C=O) groups excluding carboxylic acids is 4. The van der Waals surface area contributed by atoms with Crippen LogP contribution in [0.2, 0.25) is 0 Å². The fourth-order valence-corrected chi connectivity index (χ4v) is 2.31. The number of nitrogens with zero attached hydrogens (tertiary/aromatic N) is 2. The fourth-order valence-electron chi connectivity index (χ4n) is 1.56. The van der Waals surface area contributed by atoms with Crippen LogP contribution in [0.3, 0.4) is 0 Å². The van der Waals surface area contributed by atoms with Crippen LogP contribution in [0.15, 0.2) is 10.6 Å². The maximum Gasteiger partial charge on any atom is 0.314 e. The molecule has 21 heavy (non-hydrogen) atoms. The third kappa shape index (κ3) is 3.81. The SMILES string of the molecule is Cc1cc(NC(=O)C(=O)NCCN2C(=O)CSC2=O)no1. The van der Waals surface area contributed by atoms with Gasteiger partial charge in [-0.1, -0.05) is 16.9 Å². The van der Waals surface area contributed by atoms with Gasteiger partial charge in [-0.3, -0.25) is 29.4 Å². The number of carbonyl (C=O) groups is 4. The molecule has 1 fully saturated rings. The zero-order valence-corrected chi connectivity index (χ0v) is 11.9. The molecule has 1 aliphatic rings. The van der Waals surface area contributed by atoms with Crippen molar-refractivity contribution in [2.45, 2.75) is 6.92 Å². The van der Waals surface area contributed by atoms with Crippen LogP contribution in [0.1, 0.15) is 5.76 Å². The lowest BCUT2D eigenvalue weighted by Gasteiger charge is -2.12. The summed E-state index contributed by atoms with van der Waals surface area (Å²) in [6.45, 7) is 1.68. The molecule has 112 valence electrons. The van der Waals surface area contributed by atoms with Crippen molar-refractivity contribution in [1.82, 2.24) is 15.4 Å². The summed E-state index contributed by atoms with van der Waals surface area (Å²) in [4.78, 5) is 46.7. The van der Waals surface area contributed by atoms with Crippen molar-refractivity contribution in [3.8, 4) is 0 Å². The Kier molecular flexibility index (Phi) is 4.58. The van der Waals surface area contributed by atoms with Gasteiger partial charge in [-0.05, 0) is 6.92 Å². The minimum Gasteiger partial charge on any atom is -0.360 e. The van der Waals surface area contributed by atoms with Gasteiger partial charge in [-0.15, -0.1) is 0 Å². The Hall–Kier alpha value is -2.36. The van der Waals surface area contributed by atoms with Crippen LogP contribution in [0.25, 0.3) is 0 Å². The van der Waals surface area contributed by atoms with Gasteiger partial charge in [0, 0.05) is 19.2 Å². The third-order valence-corrected chi connectivity index (χ3v) is 3.40. The largest absolute Gasteiger partial charge is 0.360 e. The number of hydrogen-bond donors (Lipinski definition) is 2. The first-order valence-corrected chi connectivity index (χ1v) is 6.95. The van der Waals surface area contributed by atoms with Gasteiger partial charge in [0.2, 0.25) is 5.91 Å². The number of imide groups is 1. The topological polar surface area (TPSA) is 122 Å². The maximum atomic E-state index is 11.5. The summed E-state index contributed by atoms with van der Waals surface area (Å²) in [5, 5.41) is 7.73. The van der Waals surface area contributed by atoms with Gasteiger partial charge in [-0.2, -0.15) is 0 Å². The monoisotopic (exact) mass is 312 g/mol. The molecular weight excluding hydrogens is 300 g/mol. The molecule has 0 atom stereocenters. The van der Waals surface area contributed by atoms with Crippen molar-refractivity contribution in [3.05, 3.63) is 11.8 Å². The van der Waals surface area contributed by atoms with Gasteiger partial charge in [-0.25, -0.2) is 0 Å². The summed E-state index contributed by atoms with van der Waals surface area (Å²) >= 11 is 0.909. The van der Waals surface area contributed by atoms with E-state index >= 15 is 0 Å². The highest BCUT2D eigenvalue weighted by molar-refractivity contribution is 8.14. The molecule has 2 rings (SSSR count). The quantitative estimate of drug-likeness (QED) is 0.734. The van der Waals surface area contributed by atoms with E-state index < -0.39 is 11.8 Å². The van der Waals surface area contributed by atoms with Gasteiger partial charge in [0.1, 0.15) is 5.76 Å². The van der Waals surface area contributed by atoms with Crippen LogP contribution in [-0.2, 0) is 14.4 Å². The van der Waals surface area contributed by atoms with E-state index in [-0.39, 0.29) is 35.8 Å². The molecule has 1 aromatic heterocycles. The van der Waals surface area contributed by atoms with E-state index in [9.17, 15) is 19.2 Å². The summed E-state index contributed by atoms with van der Waals surface area (Å²) in [5.41, 5.74) is 0. The average molecular weight is 312 g/mol. The molecule has 0 saturated carbocycles. The Labute approximate surface area is 123 Å². The molecule has 0 aromatic carbocycles. The summed E-state index contributed by atoms with van der Waals surface area (Å²) in [6, 6.07) is 1.46. The van der Waals surface area contributed by atoms with Crippen molar-refractivity contribution < 1.29 is 23.7 Å². The first kappa shape index (κ1) is 15.0.